The molecule has 2 aromatic carbocycles. The lowest BCUT2D eigenvalue weighted by Crippen LogP contribution is -2.49. The van der Waals surface area contributed by atoms with Crippen LogP contribution >= 0.6 is 0 Å². The van der Waals surface area contributed by atoms with Gasteiger partial charge >= 0.3 is 6.18 Å². The standard InChI is InChI=1S/C25H24F3N5O3/c26-25(27,28)22-13-18(16-6-7-20-21(12-16)36-15-35-20)29-23-14-19(30-33(22)23)24(34)32-10-8-31(9-11-32)17-4-2-1-3-5-17/h1-7,12,14,18,22,29H,8-11,13,15H2. The fraction of sp³-hybridized carbons (Fsp3) is 0.360. The molecular formula is C25H24F3N5O3. The number of aromatic nitrogens is 2. The number of piperazine rings is 1. The minimum atomic E-state index is -4.53. The van der Waals surface area contributed by atoms with Crippen LogP contribution in [0.25, 0.3) is 0 Å². The van der Waals surface area contributed by atoms with E-state index in [1.807, 2.05) is 30.3 Å². The summed E-state index contributed by atoms with van der Waals surface area (Å²) in [7, 11) is 0. The predicted octanol–water partition coefficient (Wildman–Crippen LogP) is 4.23. The number of nitrogens with zero attached hydrogens (tertiary/aromatic N) is 4. The van der Waals surface area contributed by atoms with Gasteiger partial charge in [0, 0.05) is 44.4 Å². The molecular weight excluding hydrogens is 475 g/mol. The number of nitrogens with one attached hydrogen (secondary N) is 1. The number of anilines is 2. The second kappa shape index (κ2) is 8.65. The molecule has 1 aromatic heterocycles. The Kier molecular flexibility index (Phi) is 5.42. The lowest BCUT2D eigenvalue weighted by atomic mass is 9.96. The van der Waals surface area contributed by atoms with Crippen molar-refractivity contribution in [2.45, 2.75) is 24.7 Å². The van der Waals surface area contributed by atoms with E-state index in [1.54, 1.807) is 23.1 Å². The van der Waals surface area contributed by atoms with E-state index in [9.17, 15) is 18.0 Å². The Balaban J connectivity index is 1.22. The molecule has 1 fully saturated rings. The maximum absolute atomic E-state index is 14.1. The van der Waals surface area contributed by atoms with E-state index < -0.39 is 18.3 Å². The fourth-order valence-electron chi connectivity index (χ4n) is 5.00. The van der Waals surface area contributed by atoms with Gasteiger partial charge in [-0.25, -0.2) is 4.68 Å². The van der Waals surface area contributed by atoms with Gasteiger partial charge < -0.3 is 24.6 Å². The lowest BCUT2D eigenvalue weighted by molar-refractivity contribution is -0.173. The molecule has 1 saturated heterocycles. The number of hydrogen-bond acceptors (Lipinski definition) is 6. The zero-order valence-corrected chi connectivity index (χ0v) is 19.2. The number of carbonyl (C=O) groups is 1. The molecule has 3 aliphatic rings. The Labute approximate surface area is 205 Å². The highest BCUT2D eigenvalue weighted by atomic mass is 19.4. The second-order valence-corrected chi connectivity index (χ2v) is 9.08. The maximum Gasteiger partial charge on any atom is 0.410 e. The van der Waals surface area contributed by atoms with Crippen molar-refractivity contribution in [2.75, 3.05) is 43.2 Å². The Morgan fingerprint density at radius 2 is 1.72 bits per heavy atom. The molecule has 36 heavy (non-hydrogen) atoms. The van der Waals surface area contributed by atoms with Gasteiger partial charge in [0.25, 0.3) is 5.91 Å². The van der Waals surface area contributed by atoms with Crippen molar-refractivity contribution in [3.8, 4) is 11.5 Å². The fourth-order valence-corrected chi connectivity index (χ4v) is 5.00. The van der Waals surface area contributed by atoms with Gasteiger partial charge in [0.15, 0.2) is 23.2 Å². The van der Waals surface area contributed by atoms with Crippen molar-refractivity contribution in [3.05, 3.63) is 65.9 Å². The third kappa shape index (κ3) is 4.08. The van der Waals surface area contributed by atoms with Crippen molar-refractivity contribution in [2.24, 2.45) is 0 Å². The summed E-state index contributed by atoms with van der Waals surface area (Å²) in [6.45, 7) is 2.29. The van der Waals surface area contributed by atoms with E-state index in [2.05, 4.69) is 15.3 Å². The highest BCUT2D eigenvalue weighted by Gasteiger charge is 2.47. The van der Waals surface area contributed by atoms with Gasteiger partial charge in [0.2, 0.25) is 6.79 Å². The van der Waals surface area contributed by atoms with Crippen LogP contribution in [0.15, 0.2) is 54.6 Å². The van der Waals surface area contributed by atoms with E-state index in [1.165, 1.54) is 6.07 Å². The van der Waals surface area contributed by atoms with E-state index in [0.29, 0.717) is 43.2 Å². The van der Waals surface area contributed by atoms with E-state index in [-0.39, 0.29) is 30.6 Å². The van der Waals surface area contributed by atoms with Crippen molar-refractivity contribution in [1.82, 2.24) is 14.7 Å². The molecule has 188 valence electrons. The molecule has 8 nitrogen and oxygen atoms in total. The molecule has 1 N–H and O–H groups in total. The van der Waals surface area contributed by atoms with Crippen LogP contribution < -0.4 is 19.7 Å². The molecule has 4 heterocycles. The molecule has 11 heteroatoms. The number of carbonyl (C=O) groups excluding carboxylic acids is 1. The van der Waals surface area contributed by atoms with Gasteiger partial charge in [0.1, 0.15) is 5.82 Å². The van der Waals surface area contributed by atoms with Crippen LogP contribution in [-0.2, 0) is 0 Å². The SMILES string of the molecule is O=C(c1cc2n(n1)C(C(F)(F)F)CC(c1ccc3c(c1)OCO3)N2)N1CCN(c2ccccc2)CC1. The van der Waals surface area contributed by atoms with Crippen LogP contribution in [0.1, 0.15) is 34.6 Å². The van der Waals surface area contributed by atoms with Gasteiger partial charge in [-0.05, 0) is 29.8 Å². The number of amides is 1. The van der Waals surface area contributed by atoms with Gasteiger partial charge in [-0.2, -0.15) is 18.3 Å². The summed E-state index contributed by atoms with van der Waals surface area (Å²) in [6, 6.07) is 13.9. The quantitative estimate of drug-likeness (QED) is 0.582. The average Bonchev–Trinajstić information content (AvgIpc) is 3.54. The monoisotopic (exact) mass is 499 g/mol. The summed E-state index contributed by atoms with van der Waals surface area (Å²) < 4.78 is 53.8. The molecule has 1 amide bonds. The van der Waals surface area contributed by atoms with Crippen molar-refractivity contribution in [3.63, 3.8) is 0 Å². The number of benzene rings is 2. The highest BCUT2D eigenvalue weighted by Crippen LogP contribution is 2.45. The molecule has 0 bridgehead atoms. The zero-order valence-electron chi connectivity index (χ0n) is 19.2. The first-order valence-electron chi connectivity index (χ1n) is 11.8. The Hall–Kier alpha value is -3.89. The Morgan fingerprint density at radius 3 is 2.47 bits per heavy atom. The first-order chi connectivity index (χ1) is 17.4. The van der Waals surface area contributed by atoms with Crippen LogP contribution in [0.3, 0.4) is 0 Å². The average molecular weight is 499 g/mol. The number of rotatable bonds is 3. The van der Waals surface area contributed by atoms with Gasteiger partial charge in [0.05, 0.1) is 6.04 Å². The number of para-hydroxylation sites is 1. The van der Waals surface area contributed by atoms with E-state index >= 15 is 0 Å². The minimum Gasteiger partial charge on any atom is -0.454 e. The first kappa shape index (κ1) is 22.6. The molecule has 0 saturated carbocycles. The van der Waals surface area contributed by atoms with Crippen LogP contribution in [0.4, 0.5) is 24.7 Å². The number of ether oxygens (including phenoxy) is 2. The number of halogens is 3. The molecule has 2 unspecified atom stereocenters. The van der Waals surface area contributed by atoms with Gasteiger partial charge in [-0.1, -0.05) is 24.3 Å². The lowest BCUT2D eigenvalue weighted by Gasteiger charge is -2.35. The maximum atomic E-state index is 14.1. The van der Waals surface area contributed by atoms with Crippen molar-refractivity contribution < 1.29 is 27.4 Å². The number of alkyl halides is 3. The normalized spacial score (nSPS) is 21.2. The summed E-state index contributed by atoms with van der Waals surface area (Å²) in [4.78, 5) is 17.0. The molecule has 0 spiro atoms. The Bertz CT molecular complexity index is 1270. The Morgan fingerprint density at radius 1 is 0.972 bits per heavy atom. The van der Waals surface area contributed by atoms with E-state index in [4.69, 9.17) is 9.47 Å². The molecule has 6 rings (SSSR count). The molecule has 3 aliphatic heterocycles. The largest absolute Gasteiger partial charge is 0.454 e. The summed E-state index contributed by atoms with van der Waals surface area (Å²) >= 11 is 0. The van der Waals surface area contributed by atoms with Gasteiger partial charge in [-0.15, -0.1) is 0 Å². The van der Waals surface area contributed by atoms with E-state index in [0.717, 1.165) is 10.4 Å². The molecule has 3 aromatic rings. The molecule has 0 aliphatic carbocycles. The minimum absolute atomic E-state index is 0.00578. The zero-order chi connectivity index (χ0) is 24.9. The smallest absolute Gasteiger partial charge is 0.410 e. The summed E-state index contributed by atoms with van der Waals surface area (Å²) in [5.74, 6) is 0.860. The van der Waals surface area contributed by atoms with Gasteiger partial charge in [-0.3, -0.25) is 4.79 Å². The van der Waals surface area contributed by atoms with Crippen molar-refractivity contribution in [1.29, 1.82) is 0 Å². The summed E-state index contributed by atoms with van der Waals surface area (Å²) in [5, 5.41) is 7.26. The molecule has 2 atom stereocenters. The molecule has 0 radical (unpaired) electrons. The summed E-state index contributed by atoms with van der Waals surface area (Å²) in [5.41, 5.74) is 1.73. The number of hydrogen-bond donors (Lipinski definition) is 1. The van der Waals surface area contributed by atoms with Crippen LogP contribution in [0.5, 0.6) is 11.5 Å². The third-order valence-electron chi connectivity index (χ3n) is 6.90. The predicted molar refractivity (Wildman–Crippen MR) is 125 cm³/mol. The third-order valence-corrected chi connectivity index (χ3v) is 6.90. The summed E-state index contributed by atoms with van der Waals surface area (Å²) in [6.07, 6.45) is -4.79. The first-order valence-corrected chi connectivity index (χ1v) is 11.8. The van der Waals surface area contributed by atoms with Crippen LogP contribution in [0, 0.1) is 0 Å². The van der Waals surface area contributed by atoms with Crippen LogP contribution in [0.2, 0.25) is 0 Å². The van der Waals surface area contributed by atoms with Crippen molar-refractivity contribution >= 4 is 17.4 Å². The highest BCUT2D eigenvalue weighted by molar-refractivity contribution is 5.93. The topological polar surface area (TPSA) is 71.9 Å². The second-order valence-electron chi connectivity index (χ2n) is 9.08. The van der Waals surface area contributed by atoms with Crippen LogP contribution in [-0.4, -0.2) is 59.7 Å². The number of fused-ring (bicyclic) bond motifs is 2.